The Hall–Kier alpha value is -1.64. The van der Waals surface area contributed by atoms with E-state index in [4.69, 9.17) is 0 Å². The molecule has 0 radical (unpaired) electrons. The van der Waals surface area contributed by atoms with Crippen LogP contribution in [0.5, 0.6) is 0 Å². The molecule has 15 heavy (non-hydrogen) atoms. The Balaban J connectivity index is 2.56. The first-order valence-corrected chi connectivity index (χ1v) is 5.20. The highest BCUT2D eigenvalue weighted by atomic mass is 16.1. The van der Waals surface area contributed by atoms with Gasteiger partial charge in [-0.2, -0.15) is 5.10 Å². The Labute approximate surface area is 88.5 Å². The number of hydrogen-bond donors (Lipinski definition) is 1. The predicted molar refractivity (Wildman–Crippen MR) is 60.1 cm³/mol. The molecule has 1 N–H and O–H groups in total. The minimum Gasteiger partial charge on any atom is -0.295 e. The first-order chi connectivity index (χ1) is 7.22. The number of Topliss-reactive ketones (excluding diaryl/α,β-unsaturated/α-hetero) is 1. The standard InChI is InChI=1S/C12H14N2O/c1-3-4-11-10-7-9(8(2)15)5-6-12(10)14-13-11/h5-7H,3-4H2,1-2H3,(H,13,14). The van der Waals surface area contributed by atoms with Crippen LogP contribution in [0, 0.1) is 0 Å². The van der Waals surface area contributed by atoms with Gasteiger partial charge >= 0.3 is 0 Å². The molecule has 0 saturated heterocycles. The normalized spacial score (nSPS) is 10.8. The van der Waals surface area contributed by atoms with Crippen molar-refractivity contribution in [2.75, 3.05) is 0 Å². The molecule has 0 bridgehead atoms. The van der Waals surface area contributed by atoms with Gasteiger partial charge in [-0.05, 0) is 31.5 Å². The van der Waals surface area contributed by atoms with Gasteiger partial charge in [-0.25, -0.2) is 0 Å². The number of aromatic nitrogens is 2. The number of aromatic amines is 1. The minimum absolute atomic E-state index is 0.0977. The number of carbonyl (C=O) groups is 1. The summed E-state index contributed by atoms with van der Waals surface area (Å²) in [6.07, 6.45) is 2.04. The summed E-state index contributed by atoms with van der Waals surface area (Å²) >= 11 is 0. The van der Waals surface area contributed by atoms with Gasteiger partial charge in [0.1, 0.15) is 0 Å². The Kier molecular flexibility index (Phi) is 2.54. The van der Waals surface area contributed by atoms with Crippen LogP contribution >= 0.6 is 0 Å². The van der Waals surface area contributed by atoms with Crippen molar-refractivity contribution < 1.29 is 4.79 Å². The van der Waals surface area contributed by atoms with Gasteiger partial charge in [-0.3, -0.25) is 9.89 Å². The van der Waals surface area contributed by atoms with Crippen LogP contribution in [0.25, 0.3) is 10.9 Å². The van der Waals surface area contributed by atoms with E-state index >= 15 is 0 Å². The molecule has 2 aromatic rings. The summed E-state index contributed by atoms with van der Waals surface area (Å²) in [6, 6.07) is 5.63. The van der Waals surface area contributed by atoms with Crippen molar-refractivity contribution in [3.8, 4) is 0 Å². The van der Waals surface area contributed by atoms with E-state index in [1.165, 1.54) is 0 Å². The SMILES string of the molecule is CCCc1[nH]nc2ccc(C(C)=O)cc12. The molecule has 0 amide bonds. The number of benzene rings is 1. The Morgan fingerprint density at radius 2 is 2.27 bits per heavy atom. The lowest BCUT2D eigenvalue weighted by Gasteiger charge is -1.97. The number of carbonyl (C=O) groups excluding carboxylic acids is 1. The van der Waals surface area contributed by atoms with Crippen LogP contribution < -0.4 is 0 Å². The van der Waals surface area contributed by atoms with Gasteiger partial charge < -0.3 is 0 Å². The topological polar surface area (TPSA) is 45.8 Å². The third-order valence-electron chi connectivity index (χ3n) is 2.54. The van der Waals surface area contributed by atoms with Crippen LogP contribution in [-0.2, 0) is 6.42 Å². The molecule has 0 fully saturated rings. The number of nitrogens with one attached hydrogen (secondary N) is 1. The molecule has 0 aliphatic rings. The largest absolute Gasteiger partial charge is 0.295 e. The Morgan fingerprint density at radius 1 is 1.47 bits per heavy atom. The van der Waals surface area contributed by atoms with Crippen LogP contribution in [0.2, 0.25) is 0 Å². The van der Waals surface area contributed by atoms with Crippen molar-refractivity contribution in [2.24, 2.45) is 0 Å². The van der Waals surface area contributed by atoms with Crippen molar-refractivity contribution in [3.05, 3.63) is 29.5 Å². The van der Waals surface area contributed by atoms with E-state index in [2.05, 4.69) is 17.1 Å². The minimum atomic E-state index is 0.0977. The lowest BCUT2D eigenvalue weighted by atomic mass is 10.1. The third kappa shape index (κ3) is 1.77. The molecule has 0 atom stereocenters. The Bertz CT molecular complexity index is 499. The molecule has 78 valence electrons. The van der Waals surface area contributed by atoms with Crippen molar-refractivity contribution in [3.63, 3.8) is 0 Å². The molecule has 2 rings (SSSR count). The zero-order valence-electron chi connectivity index (χ0n) is 9.00. The van der Waals surface area contributed by atoms with Crippen molar-refractivity contribution in [2.45, 2.75) is 26.7 Å². The fourth-order valence-electron chi connectivity index (χ4n) is 1.72. The van der Waals surface area contributed by atoms with Crippen LogP contribution in [0.15, 0.2) is 18.2 Å². The highest BCUT2D eigenvalue weighted by Gasteiger charge is 2.07. The predicted octanol–water partition coefficient (Wildman–Crippen LogP) is 2.72. The molecule has 1 aromatic heterocycles. The van der Waals surface area contributed by atoms with Gasteiger partial charge in [0.2, 0.25) is 0 Å². The van der Waals surface area contributed by atoms with Gasteiger partial charge in [0.15, 0.2) is 5.78 Å². The van der Waals surface area contributed by atoms with Gasteiger partial charge in [0.25, 0.3) is 0 Å². The molecule has 3 heteroatoms. The summed E-state index contributed by atoms with van der Waals surface area (Å²) in [7, 11) is 0. The van der Waals surface area contributed by atoms with Gasteiger partial charge in [-0.15, -0.1) is 0 Å². The lowest BCUT2D eigenvalue weighted by molar-refractivity contribution is 0.101. The molecule has 0 saturated carbocycles. The van der Waals surface area contributed by atoms with Gasteiger partial charge in [-0.1, -0.05) is 13.3 Å². The molecule has 0 unspecified atom stereocenters. The number of rotatable bonds is 3. The first kappa shape index (κ1) is 9.90. The maximum atomic E-state index is 11.2. The van der Waals surface area contributed by atoms with Crippen LogP contribution in [0.1, 0.15) is 36.3 Å². The van der Waals surface area contributed by atoms with E-state index in [0.717, 1.165) is 35.0 Å². The lowest BCUT2D eigenvalue weighted by Crippen LogP contribution is -1.91. The fraction of sp³-hybridized carbons (Fsp3) is 0.333. The molecule has 0 aliphatic carbocycles. The molecule has 1 heterocycles. The number of hydrogen-bond acceptors (Lipinski definition) is 2. The molecule has 0 spiro atoms. The van der Waals surface area contributed by atoms with Crippen LogP contribution in [0.3, 0.4) is 0 Å². The van der Waals surface area contributed by atoms with E-state index in [-0.39, 0.29) is 5.78 Å². The smallest absolute Gasteiger partial charge is 0.159 e. The number of ketones is 1. The second-order valence-electron chi connectivity index (χ2n) is 3.74. The van der Waals surface area contributed by atoms with Gasteiger partial charge in [0.05, 0.1) is 5.52 Å². The summed E-state index contributed by atoms with van der Waals surface area (Å²) in [4.78, 5) is 11.2. The molecule has 3 nitrogen and oxygen atoms in total. The van der Waals surface area contributed by atoms with Crippen molar-refractivity contribution >= 4 is 16.7 Å². The highest BCUT2D eigenvalue weighted by molar-refractivity contribution is 5.98. The van der Waals surface area contributed by atoms with Crippen LogP contribution in [0.4, 0.5) is 0 Å². The second-order valence-corrected chi connectivity index (χ2v) is 3.74. The van der Waals surface area contributed by atoms with Crippen molar-refractivity contribution in [1.82, 2.24) is 10.2 Å². The number of H-pyrrole nitrogens is 1. The van der Waals surface area contributed by atoms with E-state index in [1.54, 1.807) is 6.92 Å². The highest BCUT2D eigenvalue weighted by Crippen LogP contribution is 2.19. The average molecular weight is 202 g/mol. The summed E-state index contributed by atoms with van der Waals surface area (Å²) in [5, 5.41) is 8.29. The zero-order chi connectivity index (χ0) is 10.8. The molecule has 1 aromatic carbocycles. The van der Waals surface area contributed by atoms with E-state index < -0.39 is 0 Å². The number of fused-ring (bicyclic) bond motifs is 1. The van der Waals surface area contributed by atoms with Crippen molar-refractivity contribution in [1.29, 1.82) is 0 Å². The van der Waals surface area contributed by atoms with Crippen LogP contribution in [-0.4, -0.2) is 16.0 Å². The molecular weight excluding hydrogens is 188 g/mol. The van der Waals surface area contributed by atoms with E-state index in [0.29, 0.717) is 0 Å². The van der Waals surface area contributed by atoms with E-state index in [1.807, 2.05) is 18.2 Å². The maximum Gasteiger partial charge on any atom is 0.159 e. The monoisotopic (exact) mass is 202 g/mol. The quantitative estimate of drug-likeness (QED) is 0.778. The second kappa shape index (κ2) is 3.85. The summed E-state index contributed by atoms with van der Waals surface area (Å²) in [6.45, 7) is 3.71. The number of nitrogens with zero attached hydrogens (tertiary/aromatic N) is 1. The third-order valence-corrected chi connectivity index (χ3v) is 2.54. The summed E-state index contributed by atoms with van der Waals surface area (Å²) in [5.41, 5.74) is 2.81. The summed E-state index contributed by atoms with van der Waals surface area (Å²) in [5.74, 6) is 0.0977. The summed E-state index contributed by atoms with van der Waals surface area (Å²) < 4.78 is 0. The average Bonchev–Trinajstić information content (AvgIpc) is 2.61. The zero-order valence-corrected chi connectivity index (χ0v) is 9.00. The first-order valence-electron chi connectivity index (χ1n) is 5.20. The van der Waals surface area contributed by atoms with Gasteiger partial charge in [0, 0.05) is 16.6 Å². The number of aryl methyl sites for hydroxylation is 1. The maximum absolute atomic E-state index is 11.2. The van der Waals surface area contributed by atoms with E-state index in [9.17, 15) is 4.79 Å². The molecule has 0 aliphatic heterocycles. The molecular formula is C12H14N2O. The Morgan fingerprint density at radius 3 is 2.93 bits per heavy atom. The fourth-order valence-corrected chi connectivity index (χ4v) is 1.72.